The van der Waals surface area contributed by atoms with E-state index in [1.54, 1.807) is 6.92 Å². The van der Waals surface area contributed by atoms with Crippen molar-refractivity contribution in [3.63, 3.8) is 0 Å². The summed E-state index contributed by atoms with van der Waals surface area (Å²) in [6.07, 6.45) is 7.42. The van der Waals surface area contributed by atoms with Crippen LogP contribution >= 0.6 is 0 Å². The highest BCUT2D eigenvalue weighted by atomic mass is 16.1. The van der Waals surface area contributed by atoms with Crippen molar-refractivity contribution in [2.75, 3.05) is 19.6 Å². The molecular weight excluding hydrogens is 188 g/mol. The lowest BCUT2D eigenvalue weighted by Crippen LogP contribution is -2.21. The van der Waals surface area contributed by atoms with Crippen LogP contribution in [0.4, 0.5) is 0 Å². The van der Waals surface area contributed by atoms with E-state index in [1.807, 2.05) is 0 Å². The molecule has 3 nitrogen and oxygen atoms in total. The van der Waals surface area contributed by atoms with Crippen LogP contribution in [0.25, 0.3) is 0 Å². The van der Waals surface area contributed by atoms with Gasteiger partial charge in [0.2, 0.25) is 5.91 Å². The van der Waals surface area contributed by atoms with Crippen molar-refractivity contribution in [2.24, 2.45) is 0 Å². The Morgan fingerprint density at radius 1 is 0.933 bits per heavy atom. The first-order chi connectivity index (χ1) is 7.27. The molecule has 0 aromatic heterocycles. The fourth-order valence-electron chi connectivity index (χ4n) is 1.44. The summed E-state index contributed by atoms with van der Waals surface area (Å²) in [5.74, 6) is 0.0766. The predicted molar refractivity (Wildman–Crippen MR) is 64.9 cm³/mol. The smallest absolute Gasteiger partial charge is 0.216 e. The Balaban J connectivity index is 2.89. The third kappa shape index (κ3) is 13.4. The molecule has 0 fully saturated rings. The highest BCUT2D eigenvalue weighted by Crippen LogP contribution is 1.94. The SMILES string of the molecule is CCCCCNCCCCCNC(C)=O. The summed E-state index contributed by atoms with van der Waals surface area (Å²) in [7, 11) is 0. The number of nitrogens with one attached hydrogen (secondary N) is 2. The summed E-state index contributed by atoms with van der Waals surface area (Å²) in [5, 5.41) is 6.24. The summed E-state index contributed by atoms with van der Waals surface area (Å²) in [4.78, 5) is 10.6. The Labute approximate surface area is 94.0 Å². The van der Waals surface area contributed by atoms with Gasteiger partial charge in [0.25, 0.3) is 0 Å². The van der Waals surface area contributed by atoms with Gasteiger partial charge in [0.05, 0.1) is 0 Å². The molecule has 0 aliphatic carbocycles. The van der Waals surface area contributed by atoms with E-state index in [1.165, 1.54) is 32.1 Å². The molecule has 0 unspecified atom stereocenters. The number of carbonyl (C=O) groups excluding carboxylic acids is 1. The fourth-order valence-corrected chi connectivity index (χ4v) is 1.44. The highest BCUT2D eigenvalue weighted by molar-refractivity contribution is 5.72. The molecule has 90 valence electrons. The number of unbranched alkanes of at least 4 members (excludes halogenated alkanes) is 4. The lowest BCUT2D eigenvalue weighted by Gasteiger charge is -2.04. The van der Waals surface area contributed by atoms with Gasteiger partial charge in [-0.05, 0) is 32.4 Å². The Morgan fingerprint density at radius 3 is 2.13 bits per heavy atom. The van der Waals surface area contributed by atoms with E-state index in [9.17, 15) is 4.79 Å². The van der Waals surface area contributed by atoms with Crippen LogP contribution in [0.2, 0.25) is 0 Å². The van der Waals surface area contributed by atoms with Crippen LogP contribution in [-0.2, 0) is 4.79 Å². The number of rotatable bonds is 10. The van der Waals surface area contributed by atoms with E-state index in [0.29, 0.717) is 0 Å². The van der Waals surface area contributed by atoms with Gasteiger partial charge in [-0.1, -0.05) is 26.2 Å². The van der Waals surface area contributed by atoms with Crippen LogP contribution < -0.4 is 10.6 Å². The summed E-state index contributed by atoms with van der Waals surface area (Å²) in [5.41, 5.74) is 0. The van der Waals surface area contributed by atoms with Gasteiger partial charge in [0.1, 0.15) is 0 Å². The molecular formula is C12H26N2O. The largest absolute Gasteiger partial charge is 0.356 e. The first kappa shape index (κ1) is 14.4. The normalized spacial score (nSPS) is 10.3. The van der Waals surface area contributed by atoms with Crippen molar-refractivity contribution < 1.29 is 4.79 Å². The second-order valence-electron chi connectivity index (χ2n) is 4.00. The van der Waals surface area contributed by atoms with Crippen molar-refractivity contribution in [1.29, 1.82) is 0 Å². The summed E-state index contributed by atoms with van der Waals surface area (Å²) in [6, 6.07) is 0. The predicted octanol–water partition coefficient (Wildman–Crippen LogP) is 2.07. The van der Waals surface area contributed by atoms with Crippen molar-refractivity contribution in [3.05, 3.63) is 0 Å². The van der Waals surface area contributed by atoms with E-state index in [2.05, 4.69) is 17.6 Å². The van der Waals surface area contributed by atoms with Crippen molar-refractivity contribution in [2.45, 2.75) is 52.4 Å². The van der Waals surface area contributed by atoms with Gasteiger partial charge in [-0.25, -0.2) is 0 Å². The molecule has 3 heteroatoms. The molecule has 0 atom stereocenters. The standard InChI is InChI=1S/C12H26N2O/c1-3-4-6-9-13-10-7-5-8-11-14-12(2)15/h13H,3-11H2,1-2H3,(H,14,15). The van der Waals surface area contributed by atoms with Crippen molar-refractivity contribution >= 4 is 5.91 Å². The molecule has 0 saturated heterocycles. The van der Waals surface area contributed by atoms with Crippen LogP contribution in [0.5, 0.6) is 0 Å². The maximum absolute atomic E-state index is 10.6. The van der Waals surface area contributed by atoms with E-state index in [0.717, 1.165) is 26.1 Å². The Kier molecular flexibility index (Phi) is 11.1. The van der Waals surface area contributed by atoms with Gasteiger partial charge in [0.15, 0.2) is 0 Å². The lowest BCUT2D eigenvalue weighted by molar-refractivity contribution is -0.118. The second kappa shape index (κ2) is 11.5. The quantitative estimate of drug-likeness (QED) is 0.547. The number of hydrogen-bond acceptors (Lipinski definition) is 2. The zero-order valence-corrected chi connectivity index (χ0v) is 10.3. The summed E-state index contributed by atoms with van der Waals surface area (Å²) in [6.45, 7) is 6.88. The van der Waals surface area contributed by atoms with Gasteiger partial charge in [-0.15, -0.1) is 0 Å². The van der Waals surface area contributed by atoms with Gasteiger partial charge in [0, 0.05) is 13.5 Å². The van der Waals surface area contributed by atoms with Gasteiger partial charge in [-0.2, -0.15) is 0 Å². The molecule has 0 saturated carbocycles. The molecule has 1 amide bonds. The molecule has 0 aromatic carbocycles. The molecule has 0 aromatic rings. The van der Waals surface area contributed by atoms with Crippen molar-refractivity contribution in [1.82, 2.24) is 10.6 Å². The topological polar surface area (TPSA) is 41.1 Å². The Bertz CT molecular complexity index is 149. The number of hydrogen-bond donors (Lipinski definition) is 2. The summed E-state index contributed by atoms with van der Waals surface area (Å²) >= 11 is 0. The molecule has 0 spiro atoms. The van der Waals surface area contributed by atoms with Crippen LogP contribution in [0.15, 0.2) is 0 Å². The third-order valence-corrected chi connectivity index (χ3v) is 2.36. The molecule has 0 rings (SSSR count). The third-order valence-electron chi connectivity index (χ3n) is 2.36. The monoisotopic (exact) mass is 214 g/mol. The first-order valence-corrected chi connectivity index (χ1v) is 6.22. The molecule has 0 radical (unpaired) electrons. The van der Waals surface area contributed by atoms with Gasteiger partial charge >= 0.3 is 0 Å². The molecule has 0 bridgehead atoms. The fraction of sp³-hybridized carbons (Fsp3) is 0.917. The summed E-state index contributed by atoms with van der Waals surface area (Å²) < 4.78 is 0. The minimum Gasteiger partial charge on any atom is -0.356 e. The average Bonchev–Trinajstić information content (AvgIpc) is 2.20. The molecule has 0 heterocycles. The highest BCUT2D eigenvalue weighted by Gasteiger charge is 1.92. The zero-order chi connectivity index (χ0) is 11.4. The molecule has 2 N–H and O–H groups in total. The van der Waals surface area contributed by atoms with Crippen LogP contribution in [-0.4, -0.2) is 25.5 Å². The van der Waals surface area contributed by atoms with E-state index < -0.39 is 0 Å². The number of carbonyl (C=O) groups is 1. The van der Waals surface area contributed by atoms with Crippen LogP contribution in [0.3, 0.4) is 0 Å². The van der Waals surface area contributed by atoms with Gasteiger partial charge < -0.3 is 10.6 Å². The van der Waals surface area contributed by atoms with Gasteiger partial charge in [-0.3, -0.25) is 4.79 Å². The first-order valence-electron chi connectivity index (χ1n) is 6.22. The Morgan fingerprint density at radius 2 is 1.53 bits per heavy atom. The number of amides is 1. The van der Waals surface area contributed by atoms with Crippen LogP contribution in [0.1, 0.15) is 52.4 Å². The molecule has 0 aliphatic heterocycles. The van der Waals surface area contributed by atoms with Crippen LogP contribution in [0, 0.1) is 0 Å². The zero-order valence-electron chi connectivity index (χ0n) is 10.3. The average molecular weight is 214 g/mol. The maximum atomic E-state index is 10.6. The lowest BCUT2D eigenvalue weighted by atomic mass is 10.2. The molecule has 0 aliphatic rings. The minimum absolute atomic E-state index is 0.0766. The maximum Gasteiger partial charge on any atom is 0.216 e. The Hall–Kier alpha value is -0.570. The second-order valence-corrected chi connectivity index (χ2v) is 4.00. The van der Waals surface area contributed by atoms with E-state index in [4.69, 9.17) is 0 Å². The van der Waals surface area contributed by atoms with E-state index in [-0.39, 0.29) is 5.91 Å². The van der Waals surface area contributed by atoms with E-state index >= 15 is 0 Å². The molecule has 15 heavy (non-hydrogen) atoms. The minimum atomic E-state index is 0.0766. The van der Waals surface area contributed by atoms with Crippen molar-refractivity contribution in [3.8, 4) is 0 Å².